The van der Waals surface area contributed by atoms with Crippen molar-refractivity contribution in [2.45, 2.75) is 5.25 Å². The van der Waals surface area contributed by atoms with Crippen LogP contribution in [0.5, 0.6) is 5.75 Å². The van der Waals surface area contributed by atoms with Crippen LogP contribution < -0.4 is 10.4 Å². The van der Waals surface area contributed by atoms with Crippen LogP contribution in [0.15, 0.2) is 42.5 Å². The summed E-state index contributed by atoms with van der Waals surface area (Å²) >= 11 is 1.89. The molecule has 1 heterocycles. The number of aromatic hydroxyl groups is 1. The van der Waals surface area contributed by atoms with Gasteiger partial charge in [-0.1, -0.05) is 42.5 Å². The Morgan fingerprint density at radius 3 is 3.12 bits per heavy atom. The Bertz CT molecular complexity index is 596. The predicted octanol–water partition coefficient (Wildman–Crippen LogP) is 1.56. The summed E-state index contributed by atoms with van der Waals surface area (Å²) in [5, 5.41) is 12.5. The quantitative estimate of drug-likeness (QED) is 0.727. The van der Waals surface area contributed by atoms with E-state index in [2.05, 4.69) is 30.4 Å². The normalized spacial score (nSPS) is 22.0. The number of allylic oxidation sites excluding steroid dienone is 3. The van der Waals surface area contributed by atoms with Crippen molar-refractivity contribution < 1.29 is 5.11 Å². The van der Waals surface area contributed by atoms with Gasteiger partial charge in [0.1, 0.15) is 5.75 Å². The third kappa shape index (κ3) is 1.50. The first-order valence-corrected chi connectivity index (χ1v) is 6.40. The Kier molecular flexibility index (Phi) is 2.37. The topological polar surface area (TPSA) is 20.2 Å². The van der Waals surface area contributed by atoms with E-state index in [0.717, 1.165) is 16.2 Å². The highest BCUT2D eigenvalue weighted by Crippen LogP contribution is 2.26. The van der Waals surface area contributed by atoms with Gasteiger partial charge in [0.2, 0.25) is 0 Å². The number of hydrogen-bond donors (Lipinski definition) is 1. The second-order valence-electron chi connectivity index (χ2n) is 3.90. The van der Waals surface area contributed by atoms with Crippen molar-refractivity contribution in [1.82, 2.24) is 0 Å². The number of fused-ring (bicyclic) bond motifs is 2. The van der Waals surface area contributed by atoms with Gasteiger partial charge >= 0.3 is 0 Å². The number of hydrogen-bond acceptors (Lipinski definition) is 2. The van der Waals surface area contributed by atoms with Crippen LogP contribution in [0.1, 0.15) is 0 Å². The molecule has 1 nitrogen and oxygen atoms in total. The average Bonchev–Trinajstić information content (AvgIpc) is 2.49. The van der Waals surface area contributed by atoms with E-state index in [0.29, 0.717) is 11.0 Å². The number of phenols is 1. The minimum Gasteiger partial charge on any atom is -0.507 e. The van der Waals surface area contributed by atoms with Gasteiger partial charge in [0, 0.05) is 16.2 Å². The van der Waals surface area contributed by atoms with Crippen molar-refractivity contribution >= 4 is 23.4 Å². The molecule has 0 saturated heterocycles. The van der Waals surface area contributed by atoms with Crippen molar-refractivity contribution in [3.63, 3.8) is 0 Å². The molecule has 16 heavy (non-hydrogen) atoms. The molecule has 80 valence electrons. The lowest BCUT2D eigenvalue weighted by Crippen LogP contribution is -2.28. The van der Waals surface area contributed by atoms with Crippen LogP contribution in [0.25, 0.3) is 11.6 Å². The fourth-order valence-corrected chi connectivity index (χ4v) is 3.24. The standard InChI is InChI=1S/C14H12OS/c15-12-6-3-4-10-8-9-16-13-7-2-1-5-11(13)14(10)12/h1-8,13,15H,9H2. The molecule has 2 heteroatoms. The zero-order valence-corrected chi connectivity index (χ0v) is 9.58. The lowest BCUT2D eigenvalue weighted by molar-refractivity contribution is 0.470. The summed E-state index contributed by atoms with van der Waals surface area (Å²) in [5.41, 5.74) is 1.22. The SMILES string of the molecule is Oc1cccc2c1=C1C=CC=CC1SCC=2. The lowest BCUT2D eigenvalue weighted by atomic mass is 10.0. The molecule has 3 rings (SSSR count). The summed E-state index contributed by atoms with van der Waals surface area (Å²) in [6.07, 6.45) is 10.6. The third-order valence-electron chi connectivity index (χ3n) is 2.92. The van der Waals surface area contributed by atoms with Crippen LogP contribution in [-0.2, 0) is 0 Å². The molecule has 0 amide bonds. The Morgan fingerprint density at radius 2 is 2.19 bits per heavy atom. The maximum absolute atomic E-state index is 10.0. The van der Waals surface area contributed by atoms with Crippen molar-refractivity contribution in [2.24, 2.45) is 0 Å². The van der Waals surface area contributed by atoms with Gasteiger partial charge in [-0.15, -0.1) is 11.8 Å². The maximum atomic E-state index is 10.0. The summed E-state index contributed by atoms with van der Waals surface area (Å²) in [5.74, 6) is 1.37. The fourth-order valence-electron chi connectivity index (χ4n) is 2.18. The second kappa shape index (κ2) is 3.87. The van der Waals surface area contributed by atoms with Gasteiger partial charge in [0.25, 0.3) is 0 Å². The molecule has 0 aromatic heterocycles. The monoisotopic (exact) mass is 228 g/mol. The number of rotatable bonds is 0. The lowest BCUT2D eigenvalue weighted by Gasteiger charge is -2.14. The van der Waals surface area contributed by atoms with Crippen LogP contribution in [0.4, 0.5) is 0 Å². The minimum absolute atomic E-state index is 0.371. The Labute approximate surface area is 98.5 Å². The van der Waals surface area contributed by atoms with E-state index in [1.807, 2.05) is 23.9 Å². The van der Waals surface area contributed by atoms with E-state index in [4.69, 9.17) is 0 Å². The van der Waals surface area contributed by atoms with Crippen molar-refractivity contribution in [3.05, 3.63) is 52.9 Å². The molecule has 1 unspecified atom stereocenters. The molecule has 1 aromatic carbocycles. The second-order valence-corrected chi connectivity index (χ2v) is 5.07. The third-order valence-corrected chi connectivity index (χ3v) is 4.05. The Hall–Kier alpha value is -1.41. The van der Waals surface area contributed by atoms with Crippen LogP contribution in [0, 0.1) is 0 Å². The van der Waals surface area contributed by atoms with Crippen LogP contribution in [0.3, 0.4) is 0 Å². The maximum Gasteiger partial charge on any atom is 0.123 e. The molecule has 2 aliphatic rings. The molecular formula is C14H12OS. The van der Waals surface area contributed by atoms with E-state index < -0.39 is 0 Å². The van der Waals surface area contributed by atoms with Crippen LogP contribution in [0.2, 0.25) is 0 Å². The van der Waals surface area contributed by atoms with Gasteiger partial charge in [-0.05, 0) is 16.9 Å². The summed E-state index contributed by atoms with van der Waals surface area (Å²) in [4.78, 5) is 0. The van der Waals surface area contributed by atoms with Gasteiger partial charge in [-0.2, -0.15) is 0 Å². The van der Waals surface area contributed by atoms with Crippen molar-refractivity contribution in [2.75, 3.05) is 5.75 Å². The molecule has 0 fully saturated rings. The van der Waals surface area contributed by atoms with Gasteiger partial charge in [-0.25, -0.2) is 0 Å². The number of thioether (sulfide) groups is 1. The molecular weight excluding hydrogens is 216 g/mol. The van der Waals surface area contributed by atoms with E-state index in [1.165, 1.54) is 5.57 Å². The van der Waals surface area contributed by atoms with Crippen molar-refractivity contribution in [3.8, 4) is 5.75 Å². The molecule has 1 aliphatic carbocycles. The Morgan fingerprint density at radius 1 is 1.25 bits per heavy atom. The minimum atomic E-state index is 0.371. The molecule has 0 radical (unpaired) electrons. The van der Waals surface area contributed by atoms with Crippen LogP contribution in [-0.4, -0.2) is 16.1 Å². The summed E-state index contributed by atoms with van der Waals surface area (Å²) in [6, 6.07) is 5.73. The van der Waals surface area contributed by atoms with Gasteiger partial charge in [-0.3, -0.25) is 0 Å². The van der Waals surface area contributed by atoms with E-state index in [1.54, 1.807) is 6.07 Å². The molecule has 1 atom stereocenters. The van der Waals surface area contributed by atoms with Gasteiger partial charge in [0.15, 0.2) is 0 Å². The fraction of sp³-hybridized carbons (Fsp3) is 0.143. The highest BCUT2D eigenvalue weighted by Gasteiger charge is 2.15. The number of phenolic OH excluding ortho intramolecular Hbond substituents is 1. The largest absolute Gasteiger partial charge is 0.507 e. The average molecular weight is 228 g/mol. The molecule has 1 aliphatic heterocycles. The number of benzene rings is 1. The van der Waals surface area contributed by atoms with E-state index in [-0.39, 0.29) is 0 Å². The van der Waals surface area contributed by atoms with Gasteiger partial charge < -0.3 is 5.11 Å². The first-order valence-electron chi connectivity index (χ1n) is 5.35. The molecule has 0 bridgehead atoms. The van der Waals surface area contributed by atoms with E-state index >= 15 is 0 Å². The highest BCUT2D eigenvalue weighted by atomic mass is 32.2. The summed E-state index contributed by atoms with van der Waals surface area (Å²) in [7, 11) is 0. The first kappa shape index (κ1) is 9.79. The first-order chi connectivity index (χ1) is 7.86. The van der Waals surface area contributed by atoms with Gasteiger partial charge in [0.05, 0.1) is 0 Å². The summed E-state index contributed by atoms with van der Waals surface area (Å²) < 4.78 is 0. The van der Waals surface area contributed by atoms with E-state index in [9.17, 15) is 5.11 Å². The smallest absolute Gasteiger partial charge is 0.123 e. The predicted molar refractivity (Wildman–Crippen MR) is 69.8 cm³/mol. The van der Waals surface area contributed by atoms with Crippen LogP contribution >= 0.6 is 11.8 Å². The zero-order chi connectivity index (χ0) is 11.0. The zero-order valence-electron chi connectivity index (χ0n) is 8.76. The van der Waals surface area contributed by atoms with Crippen molar-refractivity contribution in [1.29, 1.82) is 0 Å². The highest BCUT2D eigenvalue weighted by molar-refractivity contribution is 8.00. The molecule has 1 N–H and O–H groups in total. The molecule has 0 saturated carbocycles. The molecule has 0 spiro atoms. The summed E-state index contributed by atoms with van der Waals surface area (Å²) in [6.45, 7) is 0. The molecule has 1 aromatic rings. The Balaban J connectivity index is 2.44.